The van der Waals surface area contributed by atoms with Crippen LogP contribution >= 0.6 is 11.8 Å². The third-order valence-electron chi connectivity index (χ3n) is 4.07. The van der Waals surface area contributed by atoms with Crippen LogP contribution in [0, 0.1) is 0 Å². The number of carbonyl (C=O) groups excluding carboxylic acids is 2. The van der Waals surface area contributed by atoms with Crippen LogP contribution in [0.3, 0.4) is 0 Å². The van der Waals surface area contributed by atoms with Crippen LogP contribution in [0.15, 0.2) is 54.6 Å². The SMILES string of the molecule is COc1cccc(CNC(=O)C2CSCN2C(=O)c2ccccc2)c1. The lowest BCUT2D eigenvalue weighted by Crippen LogP contribution is -2.47. The Kier molecular flexibility index (Phi) is 5.60. The molecule has 6 heteroatoms. The predicted molar refractivity (Wildman–Crippen MR) is 98.6 cm³/mol. The second-order valence-corrected chi connectivity index (χ2v) is 6.73. The second kappa shape index (κ2) is 8.07. The number of nitrogens with one attached hydrogen (secondary N) is 1. The molecule has 5 nitrogen and oxygen atoms in total. The van der Waals surface area contributed by atoms with E-state index in [2.05, 4.69) is 5.32 Å². The molecule has 2 amide bonds. The summed E-state index contributed by atoms with van der Waals surface area (Å²) < 4.78 is 5.19. The lowest BCUT2D eigenvalue weighted by Gasteiger charge is -2.23. The van der Waals surface area contributed by atoms with Crippen LogP contribution in [0.1, 0.15) is 15.9 Å². The van der Waals surface area contributed by atoms with E-state index in [1.807, 2.05) is 42.5 Å². The van der Waals surface area contributed by atoms with E-state index >= 15 is 0 Å². The third kappa shape index (κ3) is 4.14. The highest BCUT2D eigenvalue weighted by Gasteiger charge is 2.34. The van der Waals surface area contributed by atoms with Crippen molar-refractivity contribution in [1.82, 2.24) is 10.2 Å². The molecule has 1 aliphatic rings. The number of methoxy groups -OCH3 is 1. The molecule has 1 atom stereocenters. The fourth-order valence-corrected chi connectivity index (χ4v) is 3.85. The Morgan fingerprint density at radius 2 is 2.00 bits per heavy atom. The molecule has 1 aliphatic heterocycles. The molecule has 1 fully saturated rings. The van der Waals surface area contributed by atoms with E-state index in [0.29, 0.717) is 23.7 Å². The zero-order valence-electron chi connectivity index (χ0n) is 14.0. The highest BCUT2D eigenvalue weighted by molar-refractivity contribution is 7.99. The second-order valence-electron chi connectivity index (χ2n) is 5.73. The van der Waals surface area contributed by atoms with Crippen LogP contribution in [0.25, 0.3) is 0 Å². The molecule has 1 saturated heterocycles. The molecule has 0 aliphatic carbocycles. The number of rotatable bonds is 5. The Balaban J connectivity index is 1.63. The summed E-state index contributed by atoms with van der Waals surface area (Å²) in [6.07, 6.45) is 0. The average Bonchev–Trinajstić information content (AvgIpc) is 3.16. The molecule has 0 radical (unpaired) electrons. The van der Waals surface area contributed by atoms with Gasteiger partial charge in [-0.15, -0.1) is 11.8 Å². The largest absolute Gasteiger partial charge is 0.497 e. The van der Waals surface area contributed by atoms with E-state index in [-0.39, 0.29) is 11.8 Å². The minimum absolute atomic E-state index is 0.105. The van der Waals surface area contributed by atoms with Crippen molar-refractivity contribution in [3.63, 3.8) is 0 Å². The van der Waals surface area contributed by atoms with Gasteiger partial charge >= 0.3 is 0 Å². The first kappa shape index (κ1) is 17.4. The monoisotopic (exact) mass is 356 g/mol. The number of hydrogen-bond acceptors (Lipinski definition) is 4. The zero-order chi connectivity index (χ0) is 17.6. The van der Waals surface area contributed by atoms with Crippen LogP contribution in [-0.2, 0) is 11.3 Å². The molecule has 1 unspecified atom stereocenters. The Labute approximate surface area is 151 Å². The van der Waals surface area contributed by atoms with E-state index in [9.17, 15) is 9.59 Å². The summed E-state index contributed by atoms with van der Waals surface area (Å²) in [7, 11) is 1.61. The molecule has 1 N–H and O–H groups in total. The lowest BCUT2D eigenvalue weighted by molar-refractivity contribution is -0.124. The molecule has 0 bridgehead atoms. The van der Waals surface area contributed by atoms with Gasteiger partial charge in [-0.05, 0) is 29.8 Å². The molecule has 2 aromatic carbocycles. The molecule has 3 rings (SSSR count). The maximum absolute atomic E-state index is 12.6. The Hall–Kier alpha value is -2.47. The van der Waals surface area contributed by atoms with Crippen molar-refractivity contribution in [2.24, 2.45) is 0 Å². The summed E-state index contributed by atoms with van der Waals surface area (Å²) in [5, 5.41) is 2.93. The van der Waals surface area contributed by atoms with E-state index in [1.165, 1.54) is 0 Å². The highest BCUT2D eigenvalue weighted by atomic mass is 32.2. The van der Waals surface area contributed by atoms with Gasteiger partial charge in [0, 0.05) is 17.9 Å². The van der Waals surface area contributed by atoms with Gasteiger partial charge in [-0.25, -0.2) is 0 Å². The minimum atomic E-state index is -0.441. The molecule has 0 aromatic heterocycles. The fourth-order valence-electron chi connectivity index (χ4n) is 2.70. The van der Waals surface area contributed by atoms with Gasteiger partial charge in [0.1, 0.15) is 11.8 Å². The van der Waals surface area contributed by atoms with E-state index in [0.717, 1.165) is 11.3 Å². The highest BCUT2D eigenvalue weighted by Crippen LogP contribution is 2.23. The van der Waals surface area contributed by atoms with Gasteiger partial charge in [-0.3, -0.25) is 9.59 Å². The van der Waals surface area contributed by atoms with Gasteiger partial charge in [0.05, 0.1) is 13.0 Å². The summed E-state index contributed by atoms with van der Waals surface area (Å²) in [6, 6.07) is 16.2. The van der Waals surface area contributed by atoms with Crippen molar-refractivity contribution >= 4 is 23.6 Å². The summed E-state index contributed by atoms with van der Waals surface area (Å²) in [5.74, 6) is 1.67. The number of thioether (sulfide) groups is 1. The number of hydrogen-bond donors (Lipinski definition) is 1. The maximum Gasteiger partial charge on any atom is 0.255 e. The molecule has 0 saturated carbocycles. The Morgan fingerprint density at radius 1 is 1.20 bits per heavy atom. The van der Waals surface area contributed by atoms with Crippen LogP contribution in [0.4, 0.5) is 0 Å². The van der Waals surface area contributed by atoms with Crippen LogP contribution in [0.2, 0.25) is 0 Å². The number of ether oxygens (including phenoxy) is 1. The molecule has 25 heavy (non-hydrogen) atoms. The number of nitrogens with zero attached hydrogens (tertiary/aromatic N) is 1. The number of carbonyl (C=O) groups is 2. The van der Waals surface area contributed by atoms with E-state index in [1.54, 1.807) is 35.9 Å². The number of benzene rings is 2. The summed E-state index contributed by atoms with van der Waals surface area (Å²) >= 11 is 1.59. The van der Waals surface area contributed by atoms with Crippen molar-refractivity contribution in [2.45, 2.75) is 12.6 Å². The summed E-state index contributed by atoms with van der Waals surface area (Å²) in [6.45, 7) is 0.407. The van der Waals surface area contributed by atoms with Crippen molar-refractivity contribution in [3.8, 4) is 5.75 Å². The Morgan fingerprint density at radius 3 is 2.76 bits per heavy atom. The van der Waals surface area contributed by atoms with Gasteiger partial charge in [-0.2, -0.15) is 0 Å². The maximum atomic E-state index is 12.6. The van der Waals surface area contributed by atoms with Crippen molar-refractivity contribution in [2.75, 3.05) is 18.7 Å². The first-order valence-electron chi connectivity index (χ1n) is 8.03. The quantitative estimate of drug-likeness (QED) is 0.894. The van der Waals surface area contributed by atoms with Crippen LogP contribution in [-0.4, -0.2) is 41.5 Å². The summed E-state index contributed by atoms with van der Waals surface area (Å²) in [5.41, 5.74) is 1.56. The van der Waals surface area contributed by atoms with Gasteiger partial charge in [0.25, 0.3) is 5.91 Å². The average molecular weight is 356 g/mol. The molecule has 130 valence electrons. The minimum Gasteiger partial charge on any atom is -0.497 e. The standard InChI is InChI=1S/C19H20N2O3S/c1-24-16-9-5-6-14(10-16)11-20-18(22)17-12-25-13-21(17)19(23)15-7-3-2-4-8-15/h2-10,17H,11-13H2,1H3,(H,20,22). The van der Waals surface area contributed by atoms with Gasteiger partial charge in [0.2, 0.25) is 5.91 Å². The smallest absolute Gasteiger partial charge is 0.255 e. The Bertz CT molecular complexity index is 751. The zero-order valence-corrected chi connectivity index (χ0v) is 14.8. The van der Waals surface area contributed by atoms with Crippen molar-refractivity contribution < 1.29 is 14.3 Å². The summed E-state index contributed by atoms with van der Waals surface area (Å²) in [4.78, 5) is 26.8. The van der Waals surface area contributed by atoms with Gasteiger partial charge in [-0.1, -0.05) is 30.3 Å². The van der Waals surface area contributed by atoms with Crippen LogP contribution < -0.4 is 10.1 Å². The molecule has 0 spiro atoms. The number of amides is 2. The predicted octanol–water partition coefficient (Wildman–Crippen LogP) is 2.53. The van der Waals surface area contributed by atoms with Crippen molar-refractivity contribution in [1.29, 1.82) is 0 Å². The van der Waals surface area contributed by atoms with E-state index < -0.39 is 6.04 Å². The molecular formula is C19H20N2O3S. The molecular weight excluding hydrogens is 336 g/mol. The molecule has 2 aromatic rings. The molecule has 1 heterocycles. The van der Waals surface area contributed by atoms with Crippen LogP contribution in [0.5, 0.6) is 5.75 Å². The lowest BCUT2D eigenvalue weighted by atomic mass is 10.1. The normalized spacial score (nSPS) is 16.5. The van der Waals surface area contributed by atoms with Crippen molar-refractivity contribution in [3.05, 3.63) is 65.7 Å². The third-order valence-corrected chi connectivity index (χ3v) is 5.08. The fraction of sp³-hybridized carbons (Fsp3) is 0.263. The topological polar surface area (TPSA) is 58.6 Å². The first-order chi connectivity index (χ1) is 12.2. The van der Waals surface area contributed by atoms with Gasteiger partial charge in [0.15, 0.2) is 0 Å². The van der Waals surface area contributed by atoms with Gasteiger partial charge < -0.3 is 15.0 Å². The van der Waals surface area contributed by atoms with E-state index in [4.69, 9.17) is 4.74 Å². The first-order valence-corrected chi connectivity index (χ1v) is 9.19.